The van der Waals surface area contributed by atoms with Crippen LogP contribution in [0.3, 0.4) is 0 Å². The predicted octanol–water partition coefficient (Wildman–Crippen LogP) is 1.78. The van der Waals surface area contributed by atoms with E-state index in [9.17, 15) is 0 Å². The lowest BCUT2D eigenvalue weighted by Crippen LogP contribution is -2.39. The molecule has 0 unspecified atom stereocenters. The Balaban J connectivity index is 3.66. The molecule has 0 rings (SSSR count). The van der Waals surface area contributed by atoms with Gasteiger partial charge in [0.05, 0.1) is 6.61 Å². The average Bonchev–Trinajstić information content (AvgIpc) is 2.02. The summed E-state index contributed by atoms with van der Waals surface area (Å²) in [6, 6.07) is 0.792. The van der Waals surface area contributed by atoms with Crippen molar-refractivity contribution in [1.29, 1.82) is 0 Å². The minimum Gasteiger partial charge on any atom is -0.395 e. The van der Waals surface area contributed by atoms with E-state index >= 15 is 0 Å². The second kappa shape index (κ2) is 6.44. The molecule has 0 radical (unpaired) electrons. The highest BCUT2D eigenvalue weighted by atomic mass is 16.3. The van der Waals surface area contributed by atoms with Gasteiger partial charge in [0.1, 0.15) is 0 Å². The topological polar surface area (TPSA) is 32.3 Å². The molecule has 0 fully saturated rings. The van der Waals surface area contributed by atoms with Crippen molar-refractivity contribution in [3.05, 3.63) is 0 Å². The van der Waals surface area contributed by atoms with Crippen LogP contribution in [0.4, 0.5) is 0 Å². The number of aliphatic hydroxyl groups is 1. The van der Waals surface area contributed by atoms with Gasteiger partial charge in [-0.1, -0.05) is 20.8 Å². The molecule has 0 saturated heterocycles. The summed E-state index contributed by atoms with van der Waals surface area (Å²) >= 11 is 0. The lowest BCUT2D eigenvalue weighted by molar-refractivity contribution is 0.214. The van der Waals surface area contributed by atoms with E-state index in [1.54, 1.807) is 0 Å². The van der Waals surface area contributed by atoms with Gasteiger partial charge in [0.15, 0.2) is 0 Å². The van der Waals surface area contributed by atoms with Crippen molar-refractivity contribution in [2.75, 3.05) is 6.61 Å². The first-order chi connectivity index (χ1) is 5.60. The lowest BCUT2D eigenvalue weighted by Gasteiger charge is -2.22. The number of hydrogen-bond donors (Lipinski definition) is 2. The highest BCUT2D eigenvalue weighted by Gasteiger charge is 2.10. The zero-order chi connectivity index (χ0) is 9.56. The summed E-state index contributed by atoms with van der Waals surface area (Å²) < 4.78 is 0. The van der Waals surface area contributed by atoms with E-state index in [4.69, 9.17) is 5.11 Å². The van der Waals surface area contributed by atoms with Gasteiger partial charge in [-0.15, -0.1) is 0 Å². The largest absolute Gasteiger partial charge is 0.395 e. The molecule has 0 spiro atoms. The first-order valence-electron chi connectivity index (χ1n) is 4.97. The Morgan fingerprint density at radius 1 is 1.25 bits per heavy atom. The molecule has 2 N–H and O–H groups in total. The summed E-state index contributed by atoms with van der Waals surface area (Å²) in [7, 11) is 0. The van der Waals surface area contributed by atoms with Crippen LogP contribution in [0.15, 0.2) is 0 Å². The highest BCUT2D eigenvalue weighted by Crippen LogP contribution is 2.05. The van der Waals surface area contributed by atoms with Gasteiger partial charge in [-0.2, -0.15) is 0 Å². The summed E-state index contributed by atoms with van der Waals surface area (Å²) in [4.78, 5) is 0. The molecule has 2 atom stereocenters. The number of hydrogen-bond acceptors (Lipinski definition) is 2. The molecular formula is C10H23NO. The number of aliphatic hydroxyl groups excluding tert-OH is 1. The second-order valence-corrected chi connectivity index (χ2v) is 3.99. The van der Waals surface area contributed by atoms with Crippen molar-refractivity contribution in [3.8, 4) is 0 Å². The van der Waals surface area contributed by atoms with Gasteiger partial charge in [0.25, 0.3) is 0 Å². The third-order valence-corrected chi connectivity index (χ3v) is 2.11. The van der Waals surface area contributed by atoms with E-state index in [1.165, 1.54) is 0 Å². The molecule has 0 amide bonds. The fourth-order valence-corrected chi connectivity index (χ4v) is 1.28. The zero-order valence-corrected chi connectivity index (χ0v) is 8.80. The van der Waals surface area contributed by atoms with Gasteiger partial charge < -0.3 is 10.4 Å². The molecule has 0 heterocycles. The Labute approximate surface area is 76.4 Å². The van der Waals surface area contributed by atoms with E-state index in [1.807, 2.05) is 0 Å². The van der Waals surface area contributed by atoms with E-state index in [0.29, 0.717) is 12.0 Å². The fraction of sp³-hybridized carbons (Fsp3) is 1.00. The van der Waals surface area contributed by atoms with Gasteiger partial charge in [-0.05, 0) is 25.7 Å². The zero-order valence-electron chi connectivity index (χ0n) is 8.80. The van der Waals surface area contributed by atoms with Crippen LogP contribution in [0.25, 0.3) is 0 Å². The molecule has 0 aromatic carbocycles. The van der Waals surface area contributed by atoms with Gasteiger partial charge in [-0.3, -0.25) is 0 Å². The Bertz CT molecular complexity index is 104. The molecule has 0 aliphatic carbocycles. The van der Waals surface area contributed by atoms with Gasteiger partial charge in [-0.25, -0.2) is 0 Å². The molecule has 2 heteroatoms. The molecule has 0 aromatic rings. The molecule has 2 nitrogen and oxygen atoms in total. The summed E-state index contributed by atoms with van der Waals surface area (Å²) in [6.07, 6.45) is 2.18. The second-order valence-electron chi connectivity index (χ2n) is 3.99. The summed E-state index contributed by atoms with van der Waals surface area (Å²) in [5.74, 6) is 0.652. The van der Waals surface area contributed by atoms with Crippen LogP contribution in [-0.4, -0.2) is 23.8 Å². The molecule has 74 valence electrons. The number of nitrogens with one attached hydrogen (secondary N) is 1. The van der Waals surface area contributed by atoms with Gasteiger partial charge >= 0.3 is 0 Å². The van der Waals surface area contributed by atoms with Crippen LogP contribution >= 0.6 is 0 Å². The van der Waals surface area contributed by atoms with E-state index < -0.39 is 0 Å². The van der Waals surface area contributed by atoms with Gasteiger partial charge in [0.2, 0.25) is 0 Å². The van der Waals surface area contributed by atoms with Gasteiger partial charge in [0, 0.05) is 12.1 Å². The van der Waals surface area contributed by atoms with Crippen molar-refractivity contribution in [1.82, 2.24) is 5.32 Å². The monoisotopic (exact) mass is 173 g/mol. The molecule has 0 aliphatic heterocycles. The third kappa shape index (κ3) is 5.56. The number of rotatable bonds is 6. The minimum absolute atomic E-state index is 0.253. The van der Waals surface area contributed by atoms with Crippen LogP contribution in [-0.2, 0) is 0 Å². The normalized spacial score (nSPS) is 16.5. The highest BCUT2D eigenvalue weighted by molar-refractivity contribution is 4.70. The molecule has 12 heavy (non-hydrogen) atoms. The quantitative estimate of drug-likeness (QED) is 0.641. The molecule has 0 aliphatic rings. The Kier molecular flexibility index (Phi) is 6.39. The van der Waals surface area contributed by atoms with Crippen molar-refractivity contribution < 1.29 is 5.11 Å². The molecular weight excluding hydrogens is 150 g/mol. The minimum atomic E-state index is 0.253. The van der Waals surface area contributed by atoms with Crippen molar-refractivity contribution in [2.45, 2.75) is 52.6 Å². The van der Waals surface area contributed by atoms with Crippen molar-refractivity contribution >= 4 is 0 Å². The third-order valence-electron chi connectivity index (χ3n) is 2.11. The van der Waals surface area contributed by atoms with Crippen LogP contribution in [0.5, 0.6) is 0 Å². The molecule has 0 bridgehead atoms. The SMILES string of the molecule is CC[C@H](C)N[C@@H](CO)CC(C)C. The average molecular weight is 173 g/mol. The first kappa shape index (κ1) is 11.9. The van der Waals surface area contributed by atoms with E-state index in [0.717, 1.165) is 12.8 Å². The van der Waals surface area contributed by atoms with Crippen LogP contribution < -0.4 is 5.32 Å². The van der Waals surface area contributed by atoms with Crippen molar-refractivity contribution in [3.63, 3.8) is 0 Å². The molecule has 0 saturated carbocycles. The van der Waals surface area contributed by atoms with E-state index in [-0.39, 0.29) is 12.6 Å². The van der Waals surface area contributed by atoms with Crippen molar-refractivity contribution in [2.24, 2.45) is 5.92 Å². The lowest BCUT2D eigenvalue weighted by atomic mass is 10.0. The maximum atomic E-state index is 9.06. The first-order valence-corrected chi connectivity index (χ1v) is 4.97. The smallest absolute Gasteiger partial charge is 0.0584 e. The predicted molar refractivity (Wildman–Crippen MR) is 53.2 cm³/mol. The maximum absolute atomic E-state index is 9.06. The summed E-state index contributed by atoms with van der Waals surface area (Å²) in [5.41, 5.74) is 0. The Hall–Kier alpha value is -0.0800. The van der Waals surface area contributed by atoms with Crippen LogP contribution in [0.2, 0.25) is 0 Å². The van der Waals surface area contributed by atoms with Crippen LogP contribution in [0, 0.1) is 5.92 Å². The fourth-order valence-electron chi connectivity index (χ4n) is 1.28. The maximum Gasteiger partial charge on any atom is 0.0584 e. The molecule has 0 aromatic heterocycles. The summed E-state index contributed by atoms with van der Waals surface area (Å²) in [6.45, 7) is 8.93. The van der Waals surface area contributed by atoms with Crippen LogP contribution in [0.1, 0.15) is 40.5 Å². The Morgan fingerprint density at radius 2 is 1.83 bits per heavy atom. The van der Waals surface area contributed by atoms with E-state index in [2.05, 4.69) is 33.0 Å². The Morgan fingerprint density at radius 3 is 2.17 bits per heavy atom. The standard InChI is InChI=1S/C10H23NO/c1-5-9(4)11-10(7-12)6-8(2)3/h8-12H,5-7H2,1-4H3/t9-,10+/m0/s1. The summed E-state index contributed by atoms with van der Waals surface area (Å²) in [5, 5.41) is 12.5.